The van der Waals surface area contributed by atoms with Crippen molar-refractivity contribution in [3.8, 4) is 11.5 Å². The molecule has 6 rings (SSSR count). The van der Waals surface area contributed by atoms with Crippen LogP contribution in [0.2, 0.25) is 0 Å². The minimum atomic E-state index is -5.35. The Morgan fingerprint density at radius 3 is 1.81 bits per heavy atom. The molecule has 0 N–H and O–H groups in total. The van der Waals surface area contributed by atoms with E-state index < -0.39 is 15.5 Å². The zero-order valence-electron chi connectivity index (χ0n) is 24.0. The average molecular weight is 614 g/mol. The third-order valence-corrected chi connectivity index (χ3v) is 10.5. The Labute approximate surface area is 249 Å². The molecule has 0 spiro atoms. The molecule has 2 heterocycles. The van der Waals surface area contributed by atoms with Gasteiger partial charge in [0, 0.05) is 31.0 Å². The summed E-state index contributed by atoms with van der Waals surface area (Å²) in [6.45, 7) is -0.368. The molecule has 43 heavy (non-hydrogen) atoms. The van der Waals surface area contributed by atoms with Crippen LogP contribution >= 0.6 is 0 Å². The molecular weight excluding hydrogens is 579 g/mol. The largest absolute Gasteiger partial charge is 0.511 e. The number of benzene rings is 3. The average Bonchev–Trinajstić information content (AvgIpc) is 3.34. The summed E-state index contributed by atoms with van der Waals surface area (Å²) in [4.78, 5) is 5.03. The minimum absolute atomic E-state index is 0.115. The molecular formula is C32H34F3N3O4S. The van der Waals surface area contributed by atoms with Gasteiger partial charge in [-0.05, 0) is 78.8 Å². The molecule has 0 radical (unpaired) electrons. The summed E-state index contributed by atoms with van der Waals surface area (Å²) in [5, 5.41) is 0. The number of rotatable bonds is 8. The van der Waals surface area contributed by atoms with E-state index in [0.29, 0.717) is 4.31 Å². The van der Waals surface area contributed by atoms with E-state index in [1.54, 1.807) is 14.2 Å². The van der Waals surface area contributed by atoms with Crippen molar-refractivity contribution in [1.29, 1.82) is 0 Å². The molecule has 1 saturated heterocycles. The molecule has 1 aromatic heterocycles. The third-order valence-electron chi connectivity index (χ3n) is 8.86. The first-order valence-corrected chi connectivity index (χ1v) is 15.9. The first kappa shape index (κ1) is 29.5. The summed E-state index contributed by atoms with van der Waals surface area (Å²) >= 11 is 0. The van der Waals surface area contributed by atoms with Gasteiger partial charge in [-0.1, -0.05) is 36.8 Å². The van der Waals surface area contributed by atoms with Gasteiger partial charge in [-0.15, -0.1) is 0 Å². The van der Waals surface area contributed by atoms with Crippen LogP contribution in [0, 0.1) is 0 Å². The van der Waals surface area contributed by atoms with Crippen LogP contribution in [0.4, 0.5) is 13.2 Å². The number of aromatic nitrogens is 2. The number of piperidine rings is 1. The van der Waals surface area contributed by atoms with E-state index in [1.807, 2.05) is 54.6 Å². The Morgan fingerprint density at radius 1 is 0.814 bits per heavy atom. The normalized spacial score (nSPS) is 17.3. The van der Waals surface area contributed by atoms with Crippen LogP contribution in [0.25, 0.3) is 11.0 Å². The highest BCUT2D eigenvalue weighted by molar-refractivity contribution is 7.90. The number of sulfonamides is 1. The Kier molecular flexibility index (Phi) is 7.89. The van der Waals surface area contributed by atoms with Gasteiger partial charge in [-0.3, -0.25) is 0 Å². The van der Waals surface area contributed by atoms with E-state index >= 15 is 0 Å². The molecule has 7 nitrogen and oxygen atoms in total. The van der Waals surface area contributed by atoms with Gasteiger partial charge >= 0.3 is 15.5 Å². The number of fused-ring (bicyclic) bond motifs is 1. The van der Waals surface area contributed by atoms with Crippen molar-refractivity contribution in [2.45, 2.75) is 55.5 Å². The molecule has 0 unspecified atom stereocenters. The second-order valence-corrected chi connectivity index (χ2v) is 13.2. The van der Waals surface area contributed by atoms with Crippen LogP contribution in [-0.2, 0) is 10.0 Å². The molecule has 3 aromatic carbocycles. The van der Waals surface area contributed by atoms with Crippen LogP contribution in [0.3, 0.4) is 0 Å². The first-order chi connectivity index (χ1) is 20.6. The maximum atomic E-state index is 13.2. The van der Waals surface area contributed by atoms with E-state index in [0.717, 1.165) is 64.3 Å². The topological polar surface area (TPSA) is 73.7 Å². The number of imidazole rings is 1. The summed E-state index contributed by atoms with van der Waals surface area (Å²) in [6.07, 6.45) is 3.70. The predicted octanol–water partition coefficient (Wildman–Crippen LogP) is 6.99. The quantitative estimate of drug-likeness (QED) is 0.200. The zero-order chi connectivity index (χ0) is 30.4. The third kappa shape index (κ3) is 5.48. The van der Waals surface area contributed by atoms with E-state index in [9.17, 15) is 21.6 Å². The fraction of sp³-hybridized carbons (Fsp3) is 0.406. The number of methoxy groups -OCH3 is 2. The van der Waals surface area contributed by atoms with Gasteiger partial charge in [-0.2, -0.15) is 17.5 Å². The number of alkyl halides is 3. The summed E-state index contributed by atoms with van der Waals surface area (Å²) in [7, 11) is -2.09. The molecule has 2 aliphatic rings. The Morgan fingerprint density at radius 2 is 1.35 bits per heavy atom. The minimum Gasteiger partial charge on any atom is -0.497 e. The van der Waals surface area contributed by atoms with Crippen molar-refractivity contribution in [1.82, 2.24) is 13.9 Å². The highest BCUT2D eigenvalue weighted by Crippen LogP contribution is 2.42. The maximum absolute atomic E-state index is 13.2. The Balaban J connectivity index is 1.42. The second-order valence-electron chi connectivity index (χ2n) is 11.3. The first-order valence-electron chi connectivity index (χ1n) is 14.5. The van der Waals surface area contributed by atoms with E-state index in [2.05, 4.69) is 16.7 Å². The zero-order valence-corrected chi connectivity index (χ0v) is 24.9. The molecule has 0 atom stereocenters. The number of halogens is 3. The van der Waals surface area contributed by atoms with Crippen LogP contribution in [0.1, 0.15) is 72.5 Å². The lowest BCUT2D eigenvalue weighted by atomic mass is 9.84. The van der Waals surface area contributed by atoms with Crippen molar-refractivity contribution < 1.29 is 31.1 Å². The molecule has 1 saturated carbocycles. The SMILES string of the molecule is COc1ccc(C(c2ccc(OC)cc2)c2ccc3nc(C4CCC4)n(C4CCN(S(=O)(=O)C(F)(F)F)CC4)c3c2)cc1. The van der Waals surface area contributed by atoms with Gasteiger partial charge < -0.3 is 14.0 Å². The summed E-state index contributed by atoms with van der Waals surface area (Å²) < 4.78 is 77.4. The van der Waals surface area contributed by atoms with Crippen molar-refractivity contribution in [3.05, 3.63) is 89.2 Å². The van der Waals surface area contributed by atoms with E-state index in [1.165, 1.54) is 0 Å². The van der Waals surface area contributed by atoms with Crippen molar-refractivity contribution in [3.63, 3.8) is 0 Å². The lowest BCUT2D eigenvalue weighted by Crippen LogP contribution is -2.45. The van der Waals surface area contributed by atoms with Crippen molar-refractivity contribution in [2.75, 3.05) is 27.3 Å². The molecule has 4 aromatic rings. The predicted molar refractivity (Wildman–Crippen MR) is 158 cm³/mol. The summed E-state index contributed by atoms with van der Waals surface area (Å²) in [5.41, 5.74) is -0.364. The maximum Gasteiger partial charge on any atom is 0.511 e. The van der Waals surface area contributed by atoms with E-state index in [-0.39, 0.29) is 43.8 Å². The lowest BCUT2D eigenvalue weighted by molar-refractivity contribution is -0.0496. The van der Waals surface area contributed by atoms with Crippen LogP contribution < -0.4 is 9.47 Å². The smallest absolute Gasteiger partial charge is 0.497 e. The molecule has 0 amide bonds. The lowest BCUT2D eigenvalue weighted by Gasteiger charge is -2.35. The number of hydrogen-bond donors (Lipinski definition) is 0. The summed E-state index contributed by atoms with van der Waals surface area (Å²) in [6, 6.07) is 22.0. The monoisotopic (exact) mass is 613 g/mol. The molecule has 1 aliphatic heterocycles. The van der Waals surface area contributed by atoms with Gasteiger partial charge in [-0.25, -0.2) is 13.4 Å². The van der Waals surface area contributed by atoms with Crippen molar-refractivity contribution in [2.24, 2.45) is 0 Å². The summed E-state index contributed by atoms with van der Waals surface area (Å²) in [5.74, 6) is 2.63. The van der Waals surface area contributed by atoms with Gasteiger partial charge in [0.2, 0.25) is 0 Å². The van der Waals surface area contributed by atoms with Crippen LogP contribution in [0.15, 0.2) is 66.7 Å². The highest BCUT2D eigenvalue weighted by atomic mass is 32.2. The van der Waals surface area contributed by atoms with E-state index in [4.69, 9.17) is 14.5 Å². The number of ether oxygens (including phenoxy) is 2. The van der Waals surface area contributed by atoms with Crippen LogP contribution in [0.5, 0.6) is 11.5 Å². The standard InChI is InChI=1S/C32H34F3N3O4S/c1-41-26-11-6-21(7-12-26)30(22-8-13-27(42-2)14-9-22)24-10-15-28-29(20-24)38(31(36-28)23-4-3-5-23)25-16-18-37(19-17-25)43(39,40)32(33,34)35/h6-15,20,23,25,30H,3-5,16-19H2,1-2H3. The molecule has 1 aliphatic carbocycles. The number of hydrogen-bond acceptors (Lipinski definition) is 5. The van der Waals surface area contributed by atoms with Crippen molar-refractivity contribution >= 4 is 21.1 Å². The Bertz CT molecular complexity index is 1640. The van der Waals surface area contributed by atoms with Gasteiger partial charge in [0.1, 0.15) is 17.3 Å². The molecule has 0 bridgehead atoms. The van der Waals surface area contributed by atoms with Gasteiger partial charge in [0.15, 0.2) is 0 Å². The highest BCUT2D eigenvalue weighted by Gasteiger charge is 2.50. The number of nitrogens with zero attached hydrogens (tertiary/aromatic N) is 3. The molecule has 2 fully saturated rings. The Hall–Kier alpha value is -3.57. The molecule has 228 valence electrons. The fourth-order valence-electron chi connectivity index (χ4n) is 6.30. The van der Waals surface area contributed by atoms with Gasteiger partial charge in [0.25, 0.3) is 0 Å². The van der Waals surface area contributed by atoms with Crippen LogP contribution in [-0.4, -0.2) is 55.1 Å². The molecule has 11 heteroatoms. The fourth-order valence-corrected chi connectivity index (χ4v) is 7.29. The second kappa shape index (κ2) is 11.5. The van der Waals surface area contributed by atoms with Gasteiger partial charge in [0.05, 0.1) is 25.3 Å².